The maximum absolute atomic E-state index is 12.2. The van der Waals surface area contributed by atoms with Gasteiger partial charge < -0.3 is 10.2 Å². The Bertz CT molecular complexity index is 731. The number of carbonyl (C=O) groups excluding carboxylic acids is 1. The summed E-state index contributed by atoms with van der Waals surface area (Å²) in [6, 6.07) is 14.0. The molecule has 6 heteroatoms. The minimum Gasteiger partial charge on any atom is -0.370 e. The molecule has 0 fully saturated rings. The largest absolute Gasteiger partial charge is 0.370 e. The van der Waals surface area contributed by atoms with Gasteiger partial charge in [0, 0.05) is 31.4 Å². The van der Waals surface area contributed by atoms with Gasteiger partial charge in [-0.2, -0.15) is 0 Å². The number of nitro groups is 1. The molecule has 0 bridgehead atoms. The summed E-state index contributed by atoms with van der Waals surface area (Å²) in [5.41, 5.74) is 2.20. The predicted molar refractivity (Wildman–Crippen MR) is 94.5 cm³/mol. The van der Waals surface area contributed by atoms with Crippen LogP contribution in [0.15, 0.2) is 48.5 Å². The molecule has 0 aromatic heterocycles. The standard InChI is InChI=1S/C18H21N3O3/c1-3-20(16-10-6-4-8-14(16)2)13-12-19-18(22)15-9-5-7-11-17(15)21(23)24/h4-11H,3,12-13H2,1-2H3,(H,19,22). The molecule has 24 heavy (non-hydrogen) atoms. The van der Waals surface area contributed by atoms with E-state index in [4.69, 9.17) is 0 Å². The fourth-order valence-corrected chi connectivity index (χ4v) is 2.59. The van der Waals surface area contributed by atoms with Crippen molar-refractivity contribution in [3.8, 4) is 0 Å². The van der Waals surface area contributed by atoms with E-state index >= 15 is 0 Å². The smallest absolute Gasteiger partial charge is 0.282 e. The number of amides is 1. The Morgan fingerprint density at radius 2 is 1.83 bits per heavy atom. The Kier molecular flexibility index (Phi) is 5.89. The molecule has 1 N–H and O–H groups in total. The number of likely N-dealkylation sites (N-methyl/N-ethyl adjacent to an activating group) is 1. The Labute approximate surface area is 141 Å². The maximum Gasteiger partial charge on any atom is 0.282 e. The molecule has 126 valence electrons. The van der Waals surface area contributed by atoms with Crippen LogP contribution >= 0.6 is 0 Å². The quantitative estimate of drug-likeness (QED) is 0.626. The Morgan fingerprint density at radius 3 is 2.50 bits per heavy atom. The van der Waals surface area contributed by atoms with Crippen LogP contribution in [0.5, 0.6) is 0 Å². The van der Waals surface area contributed by atoms with Crippen LogP contribution in [-0.4, -0.2) is 30.5 Å². The molecule has 0 aliphatic rings. The van der Waals surface area contributed by atoms with Gasteiger partial charge in [0.15, 0.2) is 0 Å². The number of para-hydroxylation sites is 2. The number of nitrogens with one attached hydrogen (secondary N) is 1. The summed E-state index contributed by atoms with van der Waals surface area (Å²) in [5.74, 6) is -0.428. The predicted octanol–water partition coefficient (Wildman–Crippen LogP) is 3.16. The van der Waals surface area contributed by atoms with E-state index in [2.05, 4.69) is 17.1 Å². The highest BCUT2D eigenvalue weighted by atomic mass is 16.6. The van der Waals surface area contributed by atoms with Gasteiger partial charge in [-0.15, -0.1) is 0 Å². The van der Waals surface area contributed by atoms with Crippen molar-refractivity contribution in [2.24, 2.45) is 0 Å². The first-order chi connectivity index (χ1) is 11.5. The van der Waals surface area contributed by atoms with Crippen molar-refractivity contribution in [3.63, 3.8) is 0 Å². The molecule has 2 aromatic rings. The zero-order valence-electron chi connectivity index (χ0n) is 13.9. The Balaban J connectivity index is 2.00. The molecule has 0 radical (unpaired) electrons. The third kappa shape index (κ3) is 4.10. The molecule has 1 amide bonds. The zero-order chi connectivity index (χ0) is 17.5. The summed E-state index contributed by atoms with van der Waals surface area (Å²) in [6.45, 7) is 5.95. The van der Waals surface area contributed by atoms with Crippen LogP contribution in [0.25, 0.3) is 0 Å². The van der Waals surface area contributed by atoms with Gasteiger partial charge >= 0.3 is 0 Å². The molecule has 0 heterocycles. The third-order valence-corrected chi connectivity index (χ3v) is 3.85. The summed E-state index contributed by atoms with van der Waals surface area (Å²) in [7, 11) is 0. The minimum atomic E-state index is -0.541. The lowest BCUT2D eigenvalue weighted by Gasteiger charge is -2.25. The summed E-state index contributed by atoms with van der Waals surface area (Å²) in [6.07, 6.45) is 0. The molecule has 0 saturated carbocycles. The number of benzene rings is 2. The van der Waals surface area contributed by atoms with Crippen LogP contribution in [0, 0.1) is 17.0 Å². The molecule has 6 nitrogen and oxygen atoms in total. The lowest BCUT2D eigenvalue weighted by molar-refractivity contribution is -0.385. The lowest BCUT2D eigenvalue weighted by Crippen LogP contribution is -2.35. The first-order valence-corrected chi connectivity index (χ1v) is 7.86. The van der Waals surface area contributed by atoms with E-state index in [1.165, 1.54) is 17.7 Å². The molecule has 0 aliphatic heterocycles. The van der Waals surface area contributed by atoms with Crippen molar-refractivity contribution >= 4 is 17.3 Å². The van der Waals surface area contributed by atoms with Crippen LogP contribution in [0.2, 0.25) is 0 Å². The Morgan fingerprint density at radius 1 is 1.17 bits per heavy atom. The Hall–Kier alpha value is -2.89. The summed E-state index contributed by atoms with van der Waals surface area (Å²) in [5, 5.41) is 13.8. The fraction of sp³-hybridized carbons (Fsp3) is 0.278. The van der Waals surface area contributed by atoms with Crippen LogP contribution in [0.3, 0.4) is 0 Å². The number of aryl methyl sites for hydroxylation is 1. The van der Waals surface area contributed by atoms with Gasteiger partial charge in [-0.1, -0.05) is 30.3 Å². The van der Waals surface area contributed by atoms with E-state index in [1.54, 1.807) is 12.1 Å². The van der Waals surface area contributed by atoms with Gasteiger partial charge in [-0.3, -0.25) is 14.9 Å². The van der Waals surface area contributed by atoms with Crippen molar-refractivity contribution < 1.29 is 9.72 Å². The highest BCUT2D eigenvalue weighted by molar-refractivity contribution is 5.98. The summed E-state index contributed by atoms with van der Waals surface area (Å²) < 4.78 is 0. The van der Waals surface area contributed by atoms with Crippen molar-refractivity contribution in [2.75, 3.05) is 24.5 Å². The first-order valence-electron chi connectivity index (χ1n) is 7.86. The topological polar surface area (TPSA) is 75.5 Å². The molecule has 0 unspecified atom stereocenters. The van der Waals surface area contributed by atoms with E-state index in [0.717, 1.165) is 12.2 Å². The van der Waals surface area contributed by atoms with Gasteiger partial charge in [0.1, 0.15) is 5.56 Å². The summed E-state index contributed by atoms with van der Waals surface area (Å²) >= 11 is 0. The van der Waals surface area contributed by atoms with E-state index in [1.807, 2.05) is 31.2 Å². The second-order valence-electron chi connectivity index (χ2n) is 5.40. The summed E-state index contributed by atoms with van der Waals surface area (Å²) in [4.78, 5) is 24.8. The molecule has 0 saturated heterocycles. The van der Waals surface area contributed by atoms with E-state index in [-0.39, 0.29) is 11.3 Å². The molecule has 2 rings (SSSR count). The average Bonchev–Trinajstić information content (AvgIpc) is 2.59. The van der Waals surface area contributed by atoms with Crippen molar-refractivity contribution in [3.05, 3.63) is 69.8 Å². The number of hydrogen-bond donors (Lipinski definition) is 1. The van der Waals surface area contributed by atoms with E-state index in [0.29, 0.717) is 13.1 Å². The molecule has 0 aliphatic carbocycles. The maximum atomic E-state index is 12.2. The number of anilines is 1. The number of nitrogens with zero attached hydrogens (tertiary/aromatic N) is 2. The van der Waals surface area contributed by atoms with Crippen LogP contribution in [0.4, 0.5) is 11.4 Å². The molecule has 0 spiro atoms. The lowest BCUT2D eigenvalue weighted by atomic mass is 10.1. The molecule has 0 atom stereocenters. The first kappa shape index (κ1) is 17.5. The van der Waals surface area contributed by atoms with Gasteiger partial charge in [-0.05, 0) is 31.5 Å². The minimum absolute atomic E-state index is 0.0847. The van der Waals surface area contributed by atoms with E-state index in [9.17, 15) is 14.9 Å². The normalized spacial score (nSPS) is 10.2. The van der Waals surface area contributed by atoms with Crippen molar-refractivity contribution in [2.45, 2.75) is 13.8 Å². The monoisotopic (exact) mass is 327 g/mol. The molecular weight excluding hydrogens is 306 g/mol. The third-order valence-electron chi connectivity index (χ3n) is 3.85. The number of nitro benzene ring substituents is 1. The van der Waals surface area contributed by atoms with Gasteiger partial charge in [0.05, 0.1) is 4.92 Å². The van der Waals surface area contributed by atoms with Crippen LogP contribution < -0.4 is 10.2 Å². The van der Waals surface area contributed by atoms with Crippen molar-refractivity contribution in [1.29, 1.82) is 0 Å². The van der Waals surface area contributed by atoms with E-state index < -0.39 is 10.8 Å². The van der Waals surface area contributed by atoms with Gasteiger partial charge in [0.25, 0.3) is 11.6 Å². The fourth-order valence-electron chi connectivity index (χ4n) is 2.59. The van der Waals surface area contributed by atoms with Gasteiger partial charge in [-0.25, -0.2) is 0 Å². The van der Waals surface area contributed by atoms with Crippen molar-refractivity contribution in [1.82, 2.24) is 5.32 Å². The molecule has 2 aromatic carbocycles. The highest BCUT2D eigenvalue weighted by Crippen LogP contribution is 2.19. The SMILES string of the molecule is CCN(CCNC(=O)c1ccccc1[N+](=O)[O-])c1ccccc1C. The van der Waals surface area contributed by atoms with Crippen LogP contribution in [-0.2, 0) is 0 Å². The number of rotatable bonds is 7. The second kappa shape index (κ2) is 8.10. The number of carbonyl (C=O) groups is 1. The zero-order valence-corrected chi connectivity index (χ0v) is 13.9. The van der Waals surface area contributed by atoms with Gasteiger partial charge in [0.2, 0.25) is 0 Å². The average molecular weight is 327 g/mol. The highest BCUT2D eigenvalue weighted by Gasteiger charge is 2.18. The van der Waals surface area contributed by atoms with Crippen LogP contribution in [0.1, 0.15) is 22.8 Å². The second-order valence-corrected chi connectivity index (χ2v) is 5.40. The number of hydrogen-bond acceptors (Lipinski definition) is 4. The molecular formula is C18H21N3O3.